The van der Waals surface area contributed by atoms with Gasteiger partial charge >= 0.3 is 11.7 Å². The number of nitrogens with one attached hydrogen (secondary N) is 3. The molecule has 2 heterocycles. The average molecular weight is 597 g/mol. The zero-order valence-corrected chi connectivity index (χ0v) is 22.3. The molecule has 39 heavy (non-hydrogen) atoms. The molecule has 0 amide bonds. The van der Waals surface area contributed by atoms with Gasteiger partial charge in [-0.05, 0) is 54.9 Å². The standard InChI is InChI=1S/C23H26F6N6O2S2/c1-3-39(23(27,28)29)31-10-13-8-9-21(37,17(13)36)35-18-16(19-33-14-6-4-5-7-15(14)38-19)12(2)32-20(34-18)30-11-22(24,25)26/h3-7,13,17,31,36-37H,8-11H2,1-2H3,(H2,30,32,34,35)/t13-,17-,21+,39?/m1/s1. The van der Waals surface area contributed by atoms with E-state index in [0.29, 0.717) is 16.1 Å². The second-order valence-electron chi connectivity index (χ2n) is 8.97. The van der Waals surface area contributed by atoms with Crippen molar-refractivity contribution in [2.75, 3.05) is 23.7 Å². The summed E-state index contributed by atoms with van der Waals surface area (Å²) in [5.74, 6) is -1.17. The highest BCUT2D eigenvalue weighted by molar-refractivity contribution is 8.14. The molecule has 8 nitrogen and oxygen atoms in total. The first-order valence-corrected chi connectivity index (χ1v) is 13.9. The number of thiazole rings is 1. The third-order valence-electron chi connectivity index (χ3n) is 6.20. The average Bonchev–Trinajstić information content (AvgIpc) is 3.38. The molecule has 0 bridgehead atoms. The molecule has 1 aliphatic carbocycles. The first-order chi connectivity index (χ1) is 18.2. The van der Waals surface area contributed by atoms with E-state index >= 15 is 0 Å². The smallest absolute Gasteiger partial charge is 0.388 e. The van der Waals surface area contributed by atoms with Crippen LogP contribution in [0.15, 0.2) is 24.3 Å². The third-order valence-corrected chi connectivity index (χ3v) is 8.70. The van der Waals surface area contributed by atoms with Gasteiger partial charge in [0.05, 0.1) is 21.5 Å². The molecule has 214 valence electrons. The van der Waals surface area contributed by atoms with Crippen molar-refractivity contribution >= 4 is 49.4 Å². The first-order valence-electron chi connectivity index (χ1n) is 11.8. The van der Waals surface area contributed by atoms with Crippen LogP contribution in [0.3, 0.4) is 0 Å². The van der Waals surface area contributed by atoms with Gasteiger partial charge in [-0.25, -0.2) is 9.97 Å². The molecule has 0 spiro atoms. The molecule has 4 atom stereocenters. The summed E-state index contributed by atoms with van der Waals surface area (Å²) in [7, 11) is -2.19. The molecule has 4 rings (SSSR count). The van der Waals surface area contributed by atoms with Gasteiger partial charge < -0.3 is 20.8 Å². The van der Waals surface area contributed by atoms with E-state index in [1.807, 2.05) is 12.1 Å². The Morgan fingerprint density at radius 3 is 2.51 bits per heavy atom. The Hall–Kier alpha value is -2.53. The quantitative estimate of drug-likeness (QED) is 0.140. The summed E-state index contributed by atoms with van der Waals surface area (Å²) in [5.41, 5.74) is -5.27. The maximum absolute atomic E-state index is 13.1. The topological polar surface area (TPSA) is 115 Å². The van der Waals surface area contributed by atoms with Crippen molar-refractivity contribution in [3.05, 3.63) is 30.0 Å². The van der Waals surface area contributed by atoms with E-state index in [9.17, 15) is 36.6 Å². The number of aromatic nitrogens is 3. The van der Waals surface area contributed by atoms with E-state index in [1.165, 1.54) is 18.3 Å². The molecule has 1 unspecified atom stereocenters. The van der Waals surface area contributed by atoms with Crippen molar-refractivity contribution in [1.29, 1.82) is 0 Å². The summed E-state index contributed by atoms with van der Waals surface area (Å²) < 4.78 is 81.1. The molecule has 1 aliphatic rings. The highest BCUT2D eigenvalue weighted by Gasteiger charge is 2.48. The number of fused-ring (bicyclic) bond motifs is 1. The maximum Gasteiger partial charge on any atom is 0.449 e. The largest absolute Gasteiger partial charge is 0.449 e. The molecular weight excluding hydrogens is 570 g/mol. The molecule has 1 saturated carbocycles. The Morgan fingerprint density at radius 1 is 1.15 bits per heavy atom. The van der Waals surface area contributed by atoms with E-state index in [-0.39, 0.29) is 36.8 Å². The Morgan fingerprint density at radius 2 is 1.87 bits per heavy atom. The van der Waals surface area contributed by atoms with Crippen LogP contribution in [0, 0.1) is 12.8 Å². The van der Waals surface area contributed by atoms with Crippen molar-refractivity contribution < 1.29 is 36.6 Å². The zero-order valence-electron chi connectivity index (χ0n) is 20.7. The van der Waals surface area contributed by atoms with Crippen molar-refractivity contribution in [3.8, 4) is 10.6 Å². The zero-order chi connectivity index (χ0) is 28.6. The number of alkyl halides is 6. The molecule has 16 heteroatoms. The van der Waals surface area contributed by atoms with Crippen LogP contribution in [0.2, 0.25) is 0 Å². The predicted octanol–water partition coefficient (Wildman–Crippen LogP) is 5.02. The van der Waals surface area contributed by atoms with Gasteiger partial charge in [-0.15, -0.1) is 11.3 Å². The van der Waals surface area contributed by atoms with Gasteiger partial charge in [0, 0.05) is 12.5 Å². The van der Waals surface area contributed by atoms with E-state index in [4.69, 9.17) is 0 Å². The molecule has 5 N–H and O–H groups in total. The highest BCUT2D eigenvalue weighted by atomic mass is 32.2. The number of hydrogen-bond donors (Lipinski definition) is 5. The fourth-order valence-corrected chi connectivity index (χ4v) is 6.36. The second-order valence-corrected chi connectivity index (χ2v) is 11.9. The minimum absolute atomic E-state index is 0.0518. The second kappa shape index (κ2) is 11.2. The van der Waals surface area contributed by atoms with Gasteiger partial charge in [-0.2, -0.15) is 31.3 Å². The Balaban J connectivity index is 1.65. The highest BCUT2D eigenvalue weighted by Crippen LogP contribution is 2.41. The summed E-state index contributed by atoms with van der Waals surface area (Å²) in [6.07, 6.45) is -5.92. The number of halogens is 6. The number of aryl methyl sites for hydroxylation is 1. The normalized spacial score (nSPS) is 22.9. The van der Waals surface area contributed by atoms with Crippen molar-refractivity contribution in [2.45, 2.75) is 50.2 Å². The van der Waals surface area contributed by atoms with Gasteiger partial charge in [0.15, 0.2) is 5.72 Å². The van der Waals surface area contributed by atoms with Crippen LogP contribution in [0.5, 0.6) is 0 Å². The molecule has 3 aromatic rings. The van der Waals surface area contributed by atoms with E-state index in [1.54, 1.807) is 19.1 Å². The van der Waals surface area contributed by atoms with Crippen LogP contribution < -0.4 is 15.4 Å². The van der Waals surface area contributed by atoms with Crippen molar-refractivity contribution in [2.24, 2.45) is 5.92 Å². The van der Waals surface area contributed by atoms with Crippen LogP contribution >= 0.6 is 22.0 Å². The van der Waals surface area contributed by atoms with Gasteiger partial charge in [0.1, 0.15) is 23.5 Å². The summed E-state index contributed by atoms with van der Waals surface area (Å²) in [6.45, 7) is 1.21. The van der Waals surface area contributed by atoms with Crippen molar-refractivity contribution in [1.82, 2.24) is 19.7 Å². The molecule has 1 fully saturated rings. The molecule has 0 aliphatic heterocycles. The minimum Gasteiger partial charge on any atom is -0.388 e. The summed E-state index contributed by atoms with van der Waals surface area (Å²) in [4.78, 5) is 12.9. The lowest BCUT2D eigenvalue weighted by Gasteiger charge is -2.31. The van der Waals surface area contributed by atoms with Gasteiger partial charge in [0.25, 0.3) is 0 Å². The van der Waals surface area contributed by atoms with Gasteiger partial charge in [0.2, 0.25) is 5.95 Å². The number of rotatable bonds is 8. The fourth-order valence-electron chi connectivity index (χ4n) is 4.31. The summed E-state index contributed by atoms with van der Waals surface area (Å²) in [6, 6.07) is 7.24. The monoisotopic (exact) mass is 596 g/mol. The predicted molar refractivity (Wildman–Crippen MR) is 141 cm³/mol. The lowest BCUT2D eigenvalue weighted by atomic mass is 10.0. The lowest BCUT2D eigenvalue weighted by molar-refractivity contribution is -0.115. The molecule has 2 aromatic heterocycles. The number of aliphatic hydroxyl groups excluding tert-OH is 1. The number of aliphatic hydroxyl groups is 2. The third kappa shape index (κ3) is 6.80. The van der Waals surface area contributed by atoms with Crippen molar-refractivity contribution in [3.63, 3.8) is 0 Å². The van der Waals surface area contributed by atoms with E-state index in [2.05, 4.69) is 30.3 Å². The Labute approximate surface area is 226 Å². The number of para-hydroxylation sites is 1. The number of nitrogens with zero attached hydrogens (tertiary/aromatic N) is 3. The van der Waals surface area contributed by atoms with Crippen LogP contribution in [0.4, 0.5) is 38.1 Å². The SMILES string of the molecule is C/C=S(/NC[C@H]1CC[C@@](O)(Nc2nc(NCC(F)(F)F)nc(C)c2-c2nc3ccccc3s2)[C@@H]1O)C(F)(F)F. The van der Waals surface area contributed by atoms with Crippen LogP contribution in [0.1, 0.15) is 25.5 Å². The molecule has 0 saturated heterocycles. The van der Waals surface area contributed by atoms with Crippen LogP contribution in [-0.4, -0.2) is 67.1 Å². The molecule has 0 radical (unpaired) electrons. The van der Waals surface area contributed by atoms with E-state index in [0.717, 1.165) is 10.1 Å². The Bertz CT molecular complexity index is 1330. The Kier molecular flexibility index (Phi) is 8.42. The summed E-state index contributed by atoms with van der Waals surface area (Å²) >= 11 is 1.28. The molecular formula is C23H26F6N6O2S2. The number of anilines is 2. The first kappa shape index (κ1) is 29.5. The molecule has 1 aromatic carbocycles. The van der Waals surface area contributed by atoms with Crippen LogP contribution in [0.25, 0.3) is 20.8 Å². The fraction of sp³-hybridized carbons (Fsp3) is 0.478. The maximum atomic E-state index is 13.1. The van der Waals surface area contributed by atoms with Gasteiger partial charge in [-0.1, -0.05) is 12.1 Å². The van der Waals surface area contributed by atoms with E-state index < -0.39 is 46.6 Å². The lowest BCUT2D eigenvalue weighted by Crippen LogP contribution is -2.48. The van der Waals surface area contributed by atoms with Gasteiger partial charge in [-0.3, -0.25) is 4.72 Å². The number of benzene rings is 1. The minimum atomic E-state index is -4.54. The van der Waals surface area contributed by atoms with Crippen LogP contribution in [-0.2, 0) is 0 Å². The number of hydrogen-bond acceptors (Lipinski definition) is 9. The summed E-state index contributed by atoms with van der Waals surface area (Å²) in [5, 5.41) is 28.5.